The zero-order chi connectivity index (χ0) is 12.6. The number of aromatic nitrogens is 3. The largest absolute Gasteiger partial charge is 0.352 e. The van der Waals surface area contributed by atoms with Crippen molar-refractivity contribution in [2.45, 2.75) is 36.7 Å². The Morgan fingerprint density at radius 2 is 1.82 bits per heavy atom. The topological polar surface area (TPSA) is 62.7 Å². The van der Waals surface area contributed by atoms with Gasteiger partial charge in [-0.25, -0.2) is 0 Å². The Morgan fingerprint density at radius 1 is 1.24 bits per heavy atom. The lowest BCUT2D eigenvalue weighted by Crippen LogP contribution is -2.16. The molecule has 5 nitrogen and oxygen atoms in total. The van der Waals surface area contributed by atoms with Crippen LogP contribution in [0.25, 0.3) is 0 Å². The second-order valence-electron chi connectivity index (χ2n) is 4.21. The normalized spacial score (nSPS) is 21.4. The molecule has 1 saturated carbocycles. The number of nitrogens with zero attached hydrogens (tertiary/aromatic N) is 3. The summed E-state index contributed by atoms with van der Waals surface area (Å²) in [5, 5.41) is 6.18. The zero-order valence-corrected chi connectivity index (χ0v) is 11.6. The highest BCUT2D eigenvalue weighted by molar-refractivity contribution is 6.51. The van der Waals surface area contributed by atoms with Gasteiger partial charge in [-0.15, -0.1) is 0 Å². The molecule has 1 aromatic heterocycles. The van der Waals surface area contributed by atoms with Gasteiger partial charge in [0.05, 0.1) is 6.04 Å². The average molecular weight is 297 g/mol. The first-order chi connectivity index (χ1) is 7.87. The monoisotopic (exact) mass is 295 g/mol. The van der Waals surface area contributed by atoms with Crippen molar-refractivity contribution in [2.24, 2.45) is 0 Å². The lowest BCUT2D eigenvalue weighted by Gasteiger charge is -2.10. The molecule has 94 valence electrons. The van der Waals surface area contributed by atoms with Crippen LogP contribution in [0.15, 0.2) is 0 Å². The van der Waals surface area contributed by atoms with Crippen LogP contribution in [-0.4, -0.2) is 31.4 Å². The number of anilines is 2. The number of rotatable bonds is 4. The Hall–Kier alpha value is -0.520. The van der Waals surface area contributed by atoms with E-state index in [1.807, 2.05) is 13.8 Å². The molecule has 1 atom stereocenters. The predicted octanol–water partition coefficient (Wildman–Crippen LogP) is 2.70. The fourth-order valence-corrected chi connectivity index (χ4v) is 1.84. The molecule has 2 N–H and O–H groups in total. The van der Waals surface area contributed by atoms with Crippen LogP contribution in [0.4, 0.5) is 11.9 Å². The third kappa shape index (κ3) is 3.47. The molecule has 1 aliphatic carbocycles. The van der Waals surface area contributed by atoms with Gasteiger partial charge >= 0.3 is 0 Å². The van der Waals surface area contributed by atoms with Gasteiger partial charge in [-0.3, -0.25) is 0 Å². The van der Waals surface area contributed by atoms with Gasteiger partial charge in [-0.1, -0.05) is 23.2 Å². The molecule has 0 spiro atoms. The Labute approximate surface area is 114 Å². The maximum Gasteiger partial charge on any atom is 0.229 e. The van der Waals surface area contributed by atoms with Crippen molar-refractivity contribution < 1.29 is 0 Å². The second-order valence-corrected chi connectivity index (χ2v) is 6.09. The molecular weight excluding hydrogens is 284 g/mol. The number of nitrogens with one attached hydrogen (secondary N) is 2. The fraction of sp³-hybridized carbons (Fsp3) is 0.667. The van der Waals surface area contributed by atoms with Crippen LogP contribution >= 0.6 is 34.8 Å². The summed E-state index contributed by atoms with van der Waals surface area (Å²) in [5.74, 6) is 0.805. The first-order valence-corrected chi connectivity index (χ1v) is 6.33. The van der Waals surface area contributed by atoms with Crippen molar-refractivity contribution in [3.8, 4) is 0 Å². The maximum absolute atomic E-state index is 5.90. The van der Waals surface area contributed by atoms with E-state index in [-0.39, 0.29) is 17.4 Å². The highest BCUT2D eigenvalue weighted by Crippen LogP contribution is 2.48. The highest BCUT2D eigenvalue weighted by Gasteiger charge is 2.52. The van der Waals surface area contributed by atoms with Crippen molar-refractivity contribution in [1.29, 1.82) is 0 Å². The van der Waals surface area contributed by atoms with Crippen molar-refractivity contribution in [3.05, 3.63) is 5.28 Å². The summed E-state index contributed by atoms with van der Waals surface area (Å²) in [6.07, 6.45) is 0.659. The van der Waals surface area contributed by atoms with Gasteiger partial charge in [-0.2, -0.15) is 15.0 Å². The summed E-state index contributed by atoms with van der Waals surface area (Å²) in [4.78, 5) is 12.1. The molecule has 0 aliphatic heterocycles. The van der Waals surface area contributed by atoms with Gasteiger partial charge in [0.1, 0.15) is 4.33 Å². The van der Waals surface area contributed by atoms with Gasteiger partial charge in [-0.05, 0) is 25.4 Å². The molecule has 1 aromatic rings. The van der Waals surface area contributed by atoms with Crippen LogP contribution < -0.4 is 10.6 Å². The molecule has 0 bridgehead atoms. The van der Waals surface area contributed by atoms with E-state index in [0.29, 0.717) is 18.3 Å². The highest BCUT2D eigenvalue weighted by atomic mass is 35.5. The molecule has 1 heterocycles. The Kier molecular flexibility index (Phi) is 3.52. The van der Waals surface area contributed by atoms with Crippen LogP contribution in [-0.2, 0) is 0 Å². The van der Waals surface area contributed by atoms with Crippen molar-refractivity contribution in [3.63, 3.8) is 0 Å². The molecule has 1 aliphatic rings. The minimum atomic E-state index is -0.731. The molecule has 0 aromatic carbocycles. The van der Waals surface area contributed by atoms with Crippen LogP contribution in [0.3, 0.4) is 0 Å². The van der Waals surface area contributed by atoms with E-state index < -0.39 is 4.33 Å². The standard InChI is InChI=1S/C9H12Cl3N5/c1-4(2)13-7-15-6(10)16-8(17-7)14-5-3-9(5,11)12/h4-5H,3H2,1-2H3,(H2,13,14,15,16,17). The molecule has 8 heteroatoms. The lowest BCUT2D eigenvalue weighted by molar-refractivity contribution is 0.865. The van der Waals surface area contributed by atoms with Crippen LogP contribution in [0.2, 0.25) is 5.28 Å². The lowest BCUT2D eigenvalue weighted by atomic mass is 10.4. The summed E-state index contributed by atoms with van der Waals surface area (Å²) < 4.78 is -0.731. The number of hydrogen-bond donors (Lipinski definition) is 2. The first kappa shape index (κ1) is 12.9. The number of alkyl halides is 2. The fourth-order valence-electron chi connectivity index (χ4n) is 1.26. The molecule has 0 radical (unpaired) electrons. The van der Waals surface area contributed by atoms with Gasteiger partial charge in [0.2, 0.25) is 17.2 Å². The van der Waals surface area contributed by atoms with Gasteiger partial charge < -0.3 is 10.6 Å². The molecule has 2 rings (SSSR count). The van der Waals surface area contributed by atoms with Crippen LogP contribution in [0.5, 0.6) is 0 Å². The maximum atomic E-state index is 5.90. The summed E-state index contributed by atoms with van der Waals surface area (Å²) in [6, 6.07) is 0.165. The van der Waals surface area contributed by atoms with E-state index in [1.54, 1.807) is 0 Å². The average Bonchev–Trinajstić information content (AvgIpc) is 2.70. The smallest absolute Gasteiger partial charge is 0.229 e. The third-order valence-corrected chi connectivity index (χ3v) is 3.16. The Bertz CT molecular complexity index is 423. The SMILES string of the molecule is CC(C)Nc1nc(Cl)nc(NC2CC2(Cl)Cl)n1. The Morgan fingerprint density at radius 3 is 2.35 bits per heavy atom. The predicted molar refractivity (Wildman–Crippen MR) is 70.1 cm³/mol. The first-order valence-electron chi connectivity index (χ1n) is 5.19. The number of halogens is 3. The molecule has 1 fully saturated rings. The van der Waals surface area contributed by atoms with E-state index >= 15 is 0 Å². The summed E-state index contributed by atoms with van der Waals surface area (Å²) in [6.45, 7) is 3.96. The third-order valence-electron chi connectivity index (χ3n) is 2.16. The summed E-state index contributed by atoms with van der Waals surface area (Å²) in [7, 11) is 0. The van der Waals surface area contributed by atoms with Crippen molar-refractivity contribution in [1.82, 2.24) is 15.0 Å². The van der Waals surface area contributed by atoms with Gasteiger partial charge in [0.15, 0.2) is 0 Å². The van der Waals surface area contributed by atoms with Crippen molar-refractivity contribution >= 4 is 46.7 Å². The number of hydrogen-bond acceptors (Lipinski definition) is 5. The van der Waals surface area contributed by atoms with E-state index in [2.05, 4.69) is 25.6 Å². The van der Waals surface area contributed by atoms with Crippen LogP contribution in [0, 0.1) is 0 Å². The van der Waals surface area contributed by atoms with E-state index in [9.17, 15) is 0 Å². The van der Waals surface area contributed by atoms with Crippen LogP contribution in [0.1, 0.15) is 20.3 Å². The van der Waals surface area contributed by atoms with Gasteiger partial charge in [0.25, 0.3) is 0 Å². The molecule has 17 heavy (non-hydrogen) atoms. The Balaban J connectivity index is 2.09. The van der Waals surface area contributed by atoms with Crippen molar-refractivity contribution in [2.75, 3.05) is 10.6 Å². The van der Waals surface area contributed by atoms with E-state index in [1.165, 1.54) is 0 Å². The minimum Gasteiger partial charge on any atom is -0.352 e. The minimum absolute atomic E-state index is 0.0452. The molecular formula is C9H12Cl3N5. The molecule has 0 saturated heterocycles. The quantitative estimate of drug-likeness (QED) is 0.837. The van der Waals surface area contributed by atoms with Gasteiger partial charge in [0, 0.05) is 12.5 Å². The molecule has 0 amide bonds. The summed E-state index contributed by atoms with van der Waals surface area (Å²) in [5.41, 5.74) is 0. The second kappa shape index (κ2) is 4.63. The van der Waals surface area contributed by atoms with E-state index in [4.69, 9.17) is 34.8 Å². The molecule has 1 unspecified atom stereocenters. The van der Waals surface area contributed by atoms with E-state index in [0.717, 1.165) is 0 Å². The zero-order valence-electron chi connectivity index (χ0n) is 9.34. The summed E-state index contributed by atoms with van der Waals surface area (Å²) >= 11 is 17.6.